The molecule has 0 bridgehead atoms. The topological polar surface area (TPSA) is 29.5 Å². The summed E-state index contributed by atoms with van der Waals surface area (Å²) in [5.41, 5.74) is 0.0431. The van der Waals surface area contributed by atoms with Crippen molar-refractivity contribution >= 4 is 5.97 Å². The van der Waals surface area contributed by atoms with Gasteiger partial charge in [-0.1, -0.05) is 26.7 Å². The van der Waals surface area contributed by atoms with E-state index in [0.717, 1.165) is 32.4 Å². The summed E-state index contributed by atoms with van der Waals surface area (Å²) in [5, 5.41) is 0. The summed E-state index contributed by atoms with van der Waals surface area (Å²) >= 11 is 0. The highest BCUT2D eigenvalue weighted by Gasteiger charge is 2.37. The Kier molecular flexibility index (Phi) is 6.69. The van der Waals surface area contributed by atoms with E-state index in [2.05, 4.69) is 18.7 Å². The van der Waals surface area contributed by atoms with Crippen LogP contribution in [-0.2, 0) is 9.53 Å². The summed E-state index contributed by atoms with van der Waals surface area (Å²) in [5.74, 6) is -0.0293. The molecule has 1 unspecified atom stereocenters. The van der Waals surface area contributed by atoms with E-state index < -0.39 is 0 Å². The van der Waals surface area contributed by atoms with Gasteiger partial charge in [0, 0.05) is 5.54 Å². The molecular weight excluding hydrogens is 226 g/mol. The van der Waals surface area contributed by atoms with Crippen molar-refractivity contribution in [3.8, 4) is 0 Å². The monoisotopic (exact) mass is 255 g/mol. The lowest BCUT2D eigenvalue weighted by molar-refractivity contribution is -0.147. The highest BCUT2D eigenvalue weighted by atomic mass is 16.5. The molecule has 3 nitrogen and oxygen atoms in total. The van der Waals surface area contributed by atoms with Crippen LogP contribution in [0.3, 0.4) is 0 Å². The molecule has 1 saturated heterocycles. The minimum atomic E-state index is -0.0293. The Morgan fingerprint density at radius 2 is 1.83 bits per heavy atom. The summed E-state index contributed by atoms with van der Waals surface area (Å²) in [7, 11) is 0. The van der Waals surface area contributed by atoms with Crippen molar-refractivity contribution in [1.82, 2.24) is 4.90 Å². The van der Waals surface area contributed by atoms with Crippen LogP contribution in [0.5, 0.6) is 0 Å². The molecule has 0 aromatic carbocycles. The third kappa shape index (κ3) is 3.98. The Balaban J connectivity index is 2.74. The van der Waals surface area contributed by atoms with Gasteiger partial charge in [0.25, 0.3) is 0 Å². The lowest BCUT2D eigenvalue weighted by Crippen LogP contribution is -2.52. The Hall–Kier alpha value is -0.570. The second-order valence-electron chi connectivity index (χ2n) is 5.36. The van der Waals surface area contributed by atoms with E-state index in [-0.39, 0.29) is 11.5 Å². The fourth-order valence-corrected chi connectivity index (χ4v) is 3.20. The molecule has 0 aromatic rings. The third-order valence-corrected chi connectivity index (χ3v) is 4.18. The van der Waals surface area contributed by atoms with Gasteiger partial charge in [0.15, 0.2) is 0 Å². The first-order valence-corrected chi connectivity index (χ1v) is 7.59. The number of hydrogen-bond acceptors (Lipinski definition) is 3. The van der Waals surface area contributed by atoms with Crippen LogP contribution in [0.1, 0.15) is 65.7 Å². The van der Waals surface area contributed by atoms with Gasteiger partial charge in [-0.3, -0.25) is 9.69 Å². The highest BCUT2D eigenvalue weighted by Crippen LogP contribution is 2.32. The van der Waals surface area contributed by atoms with E-state index in [4.69, 9.17) is 4.74 Å². The van der Waals surface area contributed by atoms with Gasteiger partial charge in [-0.05, 0) is 45.7 Å². The van der Waals surface area contributed by atoms with E-state index in [0.29, 0.717) is 13.0 Å². The van der Waals surface area contributed by atoms with Crippen LogP contribution < -0.4 is 0 Å². The number of carbonyl (C=O) groups is 1. The second-order valence-corrected chi connectivity index (χ2v) is 5.36. The number of carbonyl (C=O) groups excluding carboxylic acids is 1. The molecule has 1 heterocycles. The summed E-state index contributed by atoms with van der Waals surface area (Å²) < 4.78 is 5.17. The number of ether oxygens (including phenoxy) is 1. The third-order valence-electron chi connectivity index (χ3n) is 4.18. The van der Waals surface area contributed by atoms with Gasteiger partial charge in [0.05, 0.1) is 13.0 Å². The Bertz CT molecular complexity index is 249. The number of nitrogens with zero attached hydrogens (tertiary/aromatic N) is 1. The number of rotatable bonds is 7. The lowest BCUT2D eigenvalue weighted by Gasteiger charge is -2.45. The van der Waals surface area contributed by atoms with Crippen molar-refractivity contribution in [2.24, 2.45) is 0 Å². The predicted molar refractivity (Wildman–Crippen MR) is 74.6 cm³/mol. The van der Waals surface area contributed by atoms with Crippen LogP contribution in [0.25, 0.3) is 0 Å². The Labute approximate surface area is 112 Å². The van der Waals surface area contributed by atoms with Crippen molar-refractivity contribution in [2.75, 3.05) is 19.7 Å². The Morgan fingerprint density at radius 3 is 2.33 bits per heavy atom. The molecule has 0 aromatic heterocycles. The van der Waals surface area contributed by atoms with Gasteiger partial charge in [-0.2, -0.15) is 0 Å². The number of hydrogen-bond donors (Lipinski definition) is 0. The molecule has 0 spiro atoms. The van der Waals surface area contributed by atoms with Crippen molar-refractivity contribution in [3.63, 3.8) is 0 Å². The number of likely N-dealkylation sites (tertiary alicyclic amines) is 1. The predicted octanol–water partition coefficient (Wildman–Crippen LogP) is 3.37. The zero-order valence-electron chi connectivity index (χ0n) is 12.3. The standard InChI is InChI=1S/C15H29NO2/c1-4-10-15(5-2,13-14(17)18-6-3)16-11-8-7-9-12-16/h4-13H2,1-3H3. The summed E-state index contributed by atoms with van der Waals surface area (Å²) in [6.07, 6.45) is 7.71. The zero-order chi connectivity index (χ0) is 13.4. The summed E-state index contributed by atoms with van der Waals surface area (Å²) in [6.45, 7) is 9.08. The van der Waals surface area contributed by atoms with E-state index >= 15 is 0 Å². The van der Waals surface area contributed by atoms with Crippen LogP contribution in [0, 0.1) is 0 Å². The average Bonchev–Trinajstić information content (AvgIpc) is 2.39. The van der Waals surface area contributed by atoms with E-state index in [1.54, 1.807) is 0 Å². The van der Waals surface area contributed by atoms with Gasteiger partial charge in [-0.15, -0.1) is 0 Å². The maximum absolute atomic E-state index is 11.9. The molecule has 0 amide bonds. The maximum Gasteiger partial charge on any atom is 0.307 e. The normalized spacial score (nSPS) is 20.4. The van der Waals surface area contributed by atoms with E-state index in [9.17, 15) is 4.79 Å². The molecule has 0 radical (unpaired) electrons. The molecule has 1 fully saturated rings. The SMILES string of the molecule is CCCC(CC)(CC(=O)OCC)N1CCCCC1. The fraction of sp³-hybridized carbons (Fsp3) is 0.933. The first-order valence-electron chi connectivity index (χ1n) is 7.59. The van der Waals surface area contributed by atoms with Crippen molar-refractivity contribution in [3.05, 3.63) is 0 Å². The maximum atomic E-state index is 11.9. The molecule has 3 heteroatoms. The van der Waals surface area contributed by atoms with Crippen molar-refractivity contribution in [1.29, 1.82) is 0 Å². The van der Waals surface area contributed by atoms with Crippen molar-refractivity contribution < 1.29 is 9.53 Å². The molecule has 1 rings (SSSR count). The molecule has 106 valence electrons. The Morgan fingerprint density at radius 1 is 1.17 bits per heavy atom. The van der Waals surface area contributed by atoms with Crippen LogP contribution >= 0.6 is 0 Å². The highest BCUT2D eigenvalue weighted by molar-refractivity contribution is 5.70. The smallest absolute Gasteiger partial charge is 0.307 e. The molecular formula is C15H29NO2. The molecule has 0 saturated carbocycles. The molecule has 1 atom stereocenters. The molecule has 1 aliphatic heterocycles. The zero-order valence-corrected chi connectivity index (χ0v) is 12.3. The number of esters is 1. The fourth-order valence-electron chi connectivity index (χ4n) is 3.20. The first kappa shape index (κ1) is 15.5. The summed E-state index contributed by atoms with van der Waals surface area (Å²) in [4.78, 5) is 14.4. The molecule has 0 aliphatic carbocycles. The molecule has 0 N–H and O–H groups in total. The van der Waals surface area contributed by atoms with Gasteiger partial charge < -0.3 is 4.74 Å². The van der Waals surface area contributed by atoms with Crippen LogP contribution in [0.15, 0.2) is 0 Å². The lowest BCUT2D eigenvalue weighted by atomic mass is 9.83. The van der Waals surface area contributed by atoms with Gasteiger partial charge in [0.2, 0.25) is 0 Å². The van der Waals surface area contributed by atoms with Gasteiger partial charge in [-0.25, -0.2) is 0 Å². The van der Waals surface area contributed by atoms with E-state index in [1.165, 1.54) is 19.3 Å². The van der Waals surface area contributed by atoms with Gasteiger partial charge >= 0.3 is 5.97 Å². The number of piperidine rings is 1. The quantitative estimate of drug-likeness (QED) is 0.653. The largest absolute Gasteiger partial charge is 0.466 e. The summed E-state index contributed by atoms with van der Waals surface area (Å²) in [6, 6.07) is 0. The molecule has 18 heavy (non-hydrogen) atoms. The first-order chi connectivity index (χ1) is 8.68. The van der Waals surface area contributed by atoms with Crippen molar-refractivity contribution in [2.45, 2.75) is 71.3 Å². The minimum absolute atomic E-state index is 0.0293. The van der Waals surface area contributed by atoms with Crippen LogP contribution in [0.4, 0.5) is 0 Å². The van der Waals surface area contributed by atoms with Crippen LogP contribution in [0.2, 0.25) is 0 Å². The van der Waals surface area contributed by atoms with Gasteiger partial charge in [0.1, 0.15) is 0 Å². The van der Waals surface area contributed by atoms with E-state index in [1.807, 2.05) is 6.92 Å². The molecule has 1 aliphatic rings. The minimum Gasteiger partial charge on any atom is -0.466 e. The van der Waals surface area contributed by atoms with Crippen LogP contribution in [-0.4, -0.2) is 36.1 Å². The second kappa shape index (κ2) is 7.78. The average molecular weight is 255 g/mol.